The van der Waals surface area contributed by atoms with Crippen molar-refractivity contribution >= 4 is 40.3 Å². The van der Waals surface area contributed by atoms with E-state index in [9.17, 15) is 9.18 Å². The van der Waals surface area contributed by atoms with Crippen LogP contribution in [0.15, 0.2) is 23.1 Å². The van der Waals surface area contributed by atoms with Gasteiger partial charge < -0.3 is 0 Å². The van der Waals surface area contributed by atoms with Crippen LogP contribution in [0.25, 0.3) is 10.1 Å². The van der Waals surface area contributed by atoms with E-state index >= 15 is 0 Å². The molecule has 1 heterocycles. The molecule has 0 N–H and O–H groups in total. The Kier molecular flexibility index (Phi) is 2.09. The van der Waals surface area contributed by atoms with E-state index in [4.69, 9.17) is 0 Å². The maximum Gasteiger partial charge on any atom is 0.177 e. The summed E-state index contributed by atoms with van der Waals surface area (Å²) < 4.78 is 13.6. The van der Waals surface area contributed by atoms with Gasteiger partial charge in [0.2, 0.25) is 0 Å². The number of hydrogen-bond acceptors (Lipinski definition) is 3. The van der Waals surface area contributed by atoms with Crippen molar-refractivity contribution in [2.45, 2.75) is 4.90 Å². The van der Waals surface area contributed by atoms with Crippen molar-refractivity contribution < 1.29 is 9.18 Å². The van der Waals surface area contributed by atoms with Crippen molar-refractivity contribution in [3.05, 3.63) is 28.9 Å². The molecule has 4 heteroatoms. The second-order valence-corrected chi connectivity index (χ2v) is 4.17. The molecule has 0 unspecified atom stereocenters. The van der Waals surface area contributed by atoms with Crippen molar-refractivity contribution in [1.82, 2.24) is 0 Å². The third-order valence-electron chi connectivity index (χ3n) is 1.75. The van der Waals surface area contributed by atoms with Crippen molar-refractivity contribution in [1.29, 1.82) is 0 Å². The summed E-state index contributed by atoms with van der Waals surface area (Å²) in [6.45, 7) is 0. The number of thiophene rings is 1. The first-order valence-corrected chi connectivity index (χ1v) is 4.84. The maximum absolute atomic E-state index is 12.8. The third-order valence-corrected chi connectivity index (χ3v) is 2.88. The first-order valence-electron chi connectivity index (χ1n) is 3.58. The molecule has 0 saturated heterocycles. The number of fused-ring (bicyclic) bond motifs is 1. The van der Waals surface area contributed by atoms with Gasteiger partial charge in [0.1, 0.15) is 0 Å². The van der Waals surface area contributed by atoms with Crippen LogP contribution in [0.1, 0.15) is 10.4 Å². The van der Waals surface area contributed by atoms with Gasteiger partial charge in [0, 0.05) is 20.5 Å². The molecule has 2 aromatic rings. The van der Waals surface area contributed by atoms with E-state index in [1.54, 1.807) is 12.1 Å². The van der Waals surface area contributed by atoms with Crippen LogP contribution >= 0.6 is 24.0 Å². The minimum absolute atomic E-state index is 0.281. The van der Waals surface area contributed by atoms with Gasteiger partial charge in [-0.1, -0.05) is 0 Å². The van der Waals surface area contributed by atoms with Crippen LogP contribution in [0.4, 0.5) is 4.39 Å². The van der Waals surface area contributed by atoms with Crippen LogP contribution in [0.3, 0.4) is 0 Å². The summed E-state index contributed by atoms with van der Waals surface area (Å²) in [6.07, 6.45) is 0.716. The van der Waals surface area contributed by atoms with E-state index in [2.05, 4.69) is 12.6 Å². The minimum Gasteiger partial charge on any atom is -0.298 e. The average Bonchev–Trinajstić information content (AvgIpc) is 2.43. The predicted molar refractivity (Wildman–Crippen MR) is 54.4 cm³/mol. The fraction of sp³-hybridized carbons (Fsp3) is 0. The number of benzene rings is 1. The summed E-state index contributed by atoms with van der Waals surface area (Å²) in [5.41, 5.74) is 0.489. The van der Waals surface area contributed by atoms with Crippen LogP contribution in [0.2, 0.25) is 0 Å². The lowest BCUT2D eigenvalue weighted by atomic mass is 10.1. The zero-order valence-electron chi connectivity index (χ0n) is 6.45. The molecule has 66 valence electrons. The molecule has 2 rings (SSSR count). The van der Waals surface area contributed by atoms with Crippen LogP contribution in [0, 0.1) is 5.13 Å². The molecule has 1 nitrogen and oxygen atoms in total. The van der Waals surface area contributed by atoms with E-state index in [0.29, 0.717) is 22.1 Å². The Balaban J connectivity index is 2.88. The highest BCUT2D eigenvalue weighted by Gasteiger charge is 2.06. The number of aldehydes is 1. The van der Waals surface area contributed by atoms with Crippen LogP contribution in [0.5, 0.6) is 0 Å². The smallest absolute Gasteiger partial charge is 0.177 e. The fourth-order valence-corrected chi connectivity index (χ4v) is 2.43. The first kappa shape index (κ1) is 8.72. The molecule has 0 aliphatic heterocycles. The lowest BCUT2D eigenvalue weighted by molar-refractivity contribution is 0.112. The molecule has 1 aromatic heterocycles. The third kappa shape index (κ3) is 1.47. The normalized spacial score (nSPS) is 10.6. The Morgan fingerprint density at radius 2 is 2.15 bits per heavy atom. The zero-order chi connectivity index (χ0) is 9.42. The van der Waals surface area contributed by atoms with Gasteiger partial charge >= 0.3 is 0 Å². The quantitative estimate of drug-likeness (QED) is 0.567. The second kappa shape index (κ2) is 3.12. The van der Waals surface area contributed by atoms with Crippen LogP contribution < -0.4 is 0 Å². The monoisotopic (exact) mass is 212 g/mol. The van der Waals surface area contributed by atoms with E-state index < -0.39 is 0 Å². The highest BCUT2D eigenvalue weighted by molar-refractivity contribution is 7.80. The molecule has 1 aromatic carbocycles. The minimum atomic E-state index is -0.281. The Morgan fingerprint density at radius 1 is 1.38 bits per heavy atom. The summed E-state index contributed by atoms with van der Waals surface area (Å²) in [6, 6.07) is 4.75. The number of thiol groups is 1. The van der Waals surface area contributed by atoms with Crippen molar-refractivity contribution in [3.63, 3.8) is 0 Å². The Hall–Kier alpha value is -0.870. The largest absolute Gasteiger partial charge is 0.298 e. The fourth-order valence-electron chi connectivity index (χ4n) is 1.22. The van der Waals surface area contributed by atoms with E-state index in [0.717, 1.165) is 16.0 Å². The summed E-state index contributed by atoms with van der Waals surface area (Å²) in [4.78, 5) is 11.3. The van der Waals surface area contributed by atoms with Gasteiger partial charge in [-0.25, -0.2) is 0 Å². The van der Waals surface area contributed by atoms with Gasteiger partial charge in [0.25, 0.3) is 0 Å². The molecule has 0 amide bonds. The van der Waals surface area contributed by atoms with Gasteiger partial charge in [-0.15, -0.1) is 24.0 Å². The van der Waals surface area contributed by atoms with Gasteiger partial charge in [-0.2, -0.15) is 4.39 Å². The molecule has 0 spiro atoms. The van der Waals surface area contributed by atoms with Gasteiger partial charge in [0.15, 0.2) is 11.4 Å². The molecule has 0 fully saturated rings. The summed E-state index contributed by atoms with van der Waals surface area (Å²) >= 11 is 5.14. The molecule has 0 saturated carbocycles. The number of carbonyl (C=O) groups excluding carboxylic acids is 1. The summed E-state index contributed by atoms with van der Waals surface area (Å²) in [5.74, 6) is 0. The van der Waals surface area contributed by atoms with E-state index in [-0.39, 0.29) is 5.13 Å². The molecular formula is C9H5FOS2. The summed E-state index contributed by atoms with van der Waals surface area (Å²) in [7, 11) is 0. The Morgan fingerprint density at radius 3 is 2.85 bits per heavy atom. The van der Waals surface area contributed by atoms with Gasteiger partial charge in [-0.05, 0) is 18.2 Å². The molecule has 13 heavy (non-hydrogen) atoms. The van der Waals surface area contributed by atoms with E-state index in [1.165, 1.54) is 6.07 Å². The number of rotatable bonds is 1. The highest BCUT2D eigenvalue weighted by Crippen LogP contribution is 2.29. The average molecular weight is 212 g/mol. The molecular weight excluding hydrogens is 207 g/mol. The Labute approximate surface area is 83.6 Å². The number of hydrogen-bond donors (Lipinski definition) is 1. The molecule has 0 aliphatic rings. The standard InChI is InChI=1S/C9H5FOS2/c10-9-3-7-5(4-11)1-6(12)2-8(7)13-9/h1-4,12H. The number of halogens is 1. The molecule has 0 aliphatic carbocycles. The highest BCUT2D eigenvalue weighted by atomic mass is 32.1. The SMILES string of the molecule is O=Cc1cc(S)cc2sc(F)cc12. The van der Waals surface area contributed by atoms with E-state index in [1.807, 2.05) is 0 Å². The van der Waals surface area contributed by atoms with Crippen LogP contribution in [-0.2, 0) is 0 Å². The summed E-state index contributed by atoms with van der Waals surface area (Å²) in [5, 5.41) is 0.382. The molecule has 0 atom stereocenters. The number of carbonyl (C=O) groups is 1. The lowest BCUT2D eigenvalue weighted by Crippen LogP contribution is -1.80. The van der Waals surface area contributed by atoms with Gasteiger partial charge in [0.05, 0.1) is 0 Å². The lowest BCUT2D eigenvalue weighted by Gasteiger charge is -1.95. The first-order chi connectivity index (χ1) is 6.20. The Bertz CT molecular complexity index is 476. The van der Waals surface area contributed by atoms with Crippen LogP contribution in [-0.4, -0.2) is 6.29 Å². The van der Waals surface area contributed by atoms with Crippen molar-refractivity contribution in [2.24, 2.45) is 0 Å². The molecule has 0 bridgehead atoms. The topological polar surface area (TPSA) is 17.1 Å². The zero-order valence-corrected chi connectivity index (χ0v) is 8.16. The molecule has 0 radical (unpaired) electrons. The second-order valence-electron chi connectivity index (χ2n) is 2.62. The van der Waals surface area contributed by atoms with Crippen molar-refractivity contribution in [2.75, 3.05) is 0 Å². The van der Waals surface area contributed by atoms with Crippen molar-refractivity contribution in [3.8, 4) is 0 Å². The maximum atomic E-state index is 12.8. The van der Waals surface area contributed by atoms with Gasteiger partial charge in [-0.3, -0.25) is 4.79 Å². The predicted octanol–water partition coefficient (Wildman–Crippen LogP) is 3.14.